The molecule has 1 N–H and O–H groups in total. The molecule has 0 aromatic heterocycles. The van der Waals surface area contributed by atoms with Crippen molar-refractivity contribution in [1.29, 1.82) is 0 Å². The van der Waals surface area contributed by atoms with E-state index in [4.69, 9.17) is 9.47 Å². The van der Waals surface area contributed by atoms with Gasteiger partial charge in [-0.05, 0) is 36.6 Å². The van der Waals surface area contributed by atoms with Crippen molar-refractivity contribution in [2.45, 2.75) is 12.3 Å². The fourth-order valence-electron chi connectivity index (χ4n) is 2.11. The quantitative estimate of drug-likeness (QED) is 0.729. The van der Waals surface area contributed by atoms with Gasteiger partial charge in [-0.25, -0.2) is 0 Å². The summed E-state index contributed by atoms with van der Waals surface area (Å²) >= 11 is 0. The molecular weight excluding hydrogens is 178 g/mol. The van der Waals surface area contributed by atoms with Crippen LogP contribution in [-0.4, -0.2) is 19.9 Å². The van der Waals surface area contributed by atoms with Crippen molar-refractivity contribution >= 4 is 0 Å². The van der Waals surface area contributed by atoms with Crippen LogP contribution in [0.5, 0.6) is 11.5 Å². The van der Waals surface area contributed by atoms with E-state index in [-0.39, 0.29) is 0 Å². The summed E-state index contributed by atoms with van der Waals surface area (Å²) in [5, 5.41) is 3.37. The van der Waals surface area contributed by atoms with Crippen molar-refractivity contribution < 1.29 is 9.47 Å². The van der Waals surface area contributed by atoms with Crippen molar-refractivity contribution in [3.63, 3.8) is 0 Å². The molecule has 1 aromatic carbocycles. The fraction of sp³-hybridized carbons (Fsp3) is 0.455. The Hall–Kier alpha value is -1.22. The molecule has 2 aliphatic rings. The van der Waals surface area contributed by atoms with Crippen LogP contribution in [0.25, 0.3) is 0 Å². The third kappa shape index (κ3) is 1.24. The highest BCUT2D eigenvalue weighted by Crippen LogP contribution is 2.35. The normalized spacial score (nSPS) is 24.1. The van der Waals surface area contributed by atoms with E-state index >= 15 is 0 Å². The molecule has 0 amide bonds. The molecule has 1 aromatic rings. The van der Waals surface area contributed by atoms with Gasteiger partial charge < -0.3 is 14.8 Å². The molecule has 0 spiro atoms. The summed E-state index contributed by atoms with van der Waals surface area (Å²) in [6, 6.07) is 6.27. The molecule has 14 heavy (non-hydrogen) atoms. The molecule has 0 radical (unpaired) electrons. The lowest BCUT2D eigenvalue weighted by molar-refractivity contribution is 0.174. The highest BCUT2D eigenvalue weighted by Gasteiger charge is 2.20. The predicted octanol–water partition coefficient (Wildman–Crippen LogP) is 1.49. The summed E-state index contributed by atoms with van der Waals surface area (Å²) in [7, 11) is 0. The van der Waals surface area contributed by atoms with Gasteiger partial charge in [0, 0.05) is 6.54 Å². The molecule has 3 nitrogen and oxygen atoms in total. The van der Waals surface area contributed by atoms with Crippen molar-refractivity contribution in [3.05, 3.63) is 23.8 Å². The molecular formula is C11H13NO2. The number of hydrogen-bond acceptors (Lipinski definition) is 3. The summed E-state index contributed by atoms with van der Waals surface area (Å²) in [6.45, 7) is 2.57. The fourth-order valence-corrected chi connectivity index (χ4v) is 2.11. The van der Waals surface area contributed by atoms with E-state index in [1.165, 1.54) is 12.0 Å². The Kier molecular flexibility index (Phi) is 1.84. The minimum atomic E-state index is 0.363. The predicted molar refractivity (Wildman–Crippen MR) is 52.8 cm³/mol. The van der Waals surface area contributed by atoms with Crippen LogP contribution in [0.3, 0.4) is 0 Å². The third-order valence-electron chi connectivity index (χ3n) is 2.93. The van der Waals surface area contributed by atoms with Gasteiger partial charge >= 0.3 is 0 Å². The summed E-state index contributed by atoms with van der Waals surface area (Å²) in [5.41, 5.74) is 1.36. The minimum absolute atomic E-state index is 0.363. The second kappa shape index (κ2) is 3.17. The van der Waals surface area contributed by atoms with Crippen molar-refractivity contribution in [1.82, 2.24) is 5.32 Å². The molecule has 0 aliphatic carbocycles. The molecule has 3 heteroatoms. The SMILES string of the molecule is c1cc2c(cc1[C@@H]1CCNC1)OCO2. The van der Waals surface area contributed by atoms with Crippen molar-refractivity contribution in [2.75, 3.05) is 19.9 Å². The lowest BCUT2D eigenvalue weighted by Crippen LogP contribution is -2.07. The standard InChI is InChI=1S/C11H13NO2/c1-2-10-11(14-7-13-10)5-8(1)9-3-4-12-6-9/h1-2,5,9,12H,3-4,6-7H2/t9-/m1/s1. The van der Waals surface area contributed by atoms with Gasteiger partial charge in [0.2, 0.25) is 6.79 Å². The van der Waals surface area contributed by atoms with Gasteiger partial charge in [-0.15, -0.1) is 0 Å². The van der Waals surface area contributed by atoms with Crippen LogP contribution in [0.15, 0.2) is 18.2 Å². The maximum absolute atomic E-state index is 5.36. The van der Waals surface area contributed by atoms with Gasteiger partial charge in [0.05, 0.1) is 0 Å². The lowest BCUT2D eigenvalue weighted by Gasteiger charge is -2.08. The van der Waals surface area contributed by atoms with Crippen LogP contribution in [0.4, 0.5) is 0 Å². The Morgan fingerprint density at radius 3 is 3.00 bits per heavy atom. The summed E-state index contributed by atoms with van der Waals surface area (Å²) < 4.78 is 10.6. The molecule has 74 valence electrons. The maximum atomic E-state index is 5.36. The van der Waals surface area contributed by atoms with E-state index in [2.05, 4.69) is 17.4 Å². The van der Waals surface area contributed by atoms with Crippen LogP contribution in [-0.2, 0) is 0 Å². The van der Waals surface area contributed by atoms with Crippen molar-refractivity contribution in [3.8, 4) is 11.5 Å². The van der Waals surface area contributed by atoms with E-state index < -0.39 is 0 Å². The van der Waals surface area contributed by atoms with E-state index in [0.29, 0.717) is 12.7 Å². The Balaban J connectivity index is 1.91. The monoisotopic (exact) mass is 191 g/mol. The van der Waals surface area contributed by atoms with Crippen LogP contribution in [0, 0.1) is 0 Å². The molecule has 1 saturated heterocycles. The van der Waals surface area contributed by atoms with Crippen molar-refractivity contribution in [2.24, 2.45) is 0 Å². The highest BCUT2D eigenvalue weighted by molar-refractivity contribution is 5.45. The average Bonchev–Trinajstić information content (AvgIpc) is 2.88. The smallest absolute Gasteiger partial charge is 0.231 e. The lowest BCUT2D eigenvalue weighted by atomic mass is 9.98. The summed E-state index contributed by atoms with van der Waals surface area (Å²) in [6.07, 6.45) is 1.22. The number of rotatable bonds is 1. The van der Waals surface area contributed by atoms with E-state index in [0.717, 1.165) is 24.6 Å². The van der Waals surface area contributed by atoms with E-state index in [1.54, 1.807) is 0 Å². The second-order valence-electron chi connectivity index (χ2n) is 3.80. The van der Waals surface area contributed by atoms with Gasteiger partial charge in [0.1, 0.15) is 0 Å². The first-order chi connectivity index (χ1) is 6.93. The Labute approximate surface area is 83.0 Å². The molecule has 1 fully saturated rings. The molecule has 2 aliphatic heterocycles. The van der Waals surface area contributed by atoms with Gasteiger partial charge in [0.25, 0.3) is 0 Å². The zero-order valence-corrected chi connectivity index (χ0v) is 7.95. The number of hydrogen-bond donors (Lipinski definition) is 1. The largest absolute Gasteiger partial charge is 0.454 e. The Morgan fingerprint density at radius 2 is 2.14 bits per heavy atom. The molecule has 1 atom stereocenters. The summed E-state index contributed by atoms with van der Waals surface area (Å²) in [4.78, 5) is 0. The van der Waals surface area contributed by atoms with Gasteiger partial charge in [0.15, 0.2) is 11.5 Å². The van der Waals surface area contributed by atoms with Crippen LogP contribution < -0.4 is 14.8 Å². The second-order valence-corrected chi connectivity index (χ2v) is 3.80. The van der Waals surface area contributed by atoms with Crippen LogP contribution in [0.1, 0.15) is 17.9 Å². The third-order valence-corrected chi connectivity index (χ3v) is 2.93. The number of ether oxygens (including phenoxy) is 2. The summed E-state index contributed by atoms with van der Waals surface area (Å²) in [5.74, 6) is 2.42. The van der Waals surface area contributed by atoms with Gasteiger partial charge in [-0.2, -0.15) is 0 Å². The van der Waals surface area contributed by atoms with Gasteiger partial charge in [-0.3, -0.25) is 0 Å². The Bertz CT molecular complexity index is 345. The number of fused-ring (bicyclic) bond motifs is 1. The Morgan fingerprint density at radius 1 is 1.21 bits per heavy atom. The first-order valence-electron chi connectivity index (χ1n) is 5.04. The number of nitrogens with one attached hydrogen (secondary N) is 1. The number of benzene rings is 1. The van der Waals surface area contributed by atoms with Gasteiger partial charge in [-0.1, -0.05) is 6.07 Å². The molecule has 2 heterocycles. The minimum Gasteiger partial charge on any atom is -0.454 e. The first-order valence-corrected chi connectivity index (χ1v) is 5.04. The van der Waals surface area contributed by atoms with E-state index in [1.807, 2.05) is 6.07 Å². The topological polar surface area (TPSA) is 30.5 Å². The molecule has 0 saturated carbocycles. The van der Waals surface area contributed by atoms with Crippen LogP contribution >= 0.6 is 0 Å². The zero-order chi connectivity index (χ0) is 9.38. The highest BCUT2D eigenvalue weighted by atomic mass is 16.7. The molecule has 0 bridgehead atoms. The first kappa shape index (κ1) is 8.12. The molecule has 0 unspecified atom stereocenters. The van der Waals surface area contributed by atoms with E-state index in [9.17, 15) is 0 Å². The molecule has 3 rings (SSSR count). The average molecular weight is 191 g/mol. The maximum Gasteiger partial charge on any atom is 0.231 e. The van der Waals surface area contributed by atoms with Crippen LogP contribution in [0.2, 0.25) is 0 Å². The zero-order valence-electron chi connectivity index (χ0n) is 7.95.